The second-order valence-electron chi connectivity index (χ2n) is 7.14. The lowest BCUT2D eigenvalue weighted by Crippen LogP contribution is -2.47. The summed E-state index contributed by atoms with van der Waals surface area (Å²) in [5.74, 6) is 0.136. The van der Waals surface area contributed by atoms with Crippen LogP contribution in [0.4, 0.5) is 5.69 Å². The molecule has 7 nitrogen and oxygen atoms in total. The van der Waals surface area contributed by atoms with E-state index in [2.05, 4.69) is 15.2 Å². The van der Waals surface area contributed by atoms with Crippen molar-refractivity contribution in [1.29, 1.82) is 0 Å². The van der Waals surface area contributed by atoms with Crippen molar-refractivity contribution >= 4 is 17.5 Å². The Morgan fingerprint density at radius 2 is 1.82 bits per heavy atom. The van der Waals surface area contributed by atoms with Crippen LogP contribution < -0.4 is 10.1 Å². The van der Waals surface area contributed by atoms with E-state index in [4.69, 9.17) is 4.74 Å². The molecule has 1 saturated heterocycles. The van der Waals surface area contributed by atoms with Gasteiger partial charge in [-0.2, -0.15) is 0 Å². The zero-order valence-electron chi connectivity index (χ0n) is 16.5. The van der Waals surface area contributed by atoms with Crippen molar-refractivity contribution in [3.63, 3.8) is 0 Å². The predicted molar refractivity (Wildman–Crippen MR) is 108 cm³/mol. The number of nitrogens with one attached hydrogen (secondary N) is 1. The number of benzene rings is 1. The Hall–Kier alpha value is -2.93. The molecule has 28 heavy (non-hydrogen) atoms. The molecule has 1 N–H and O–H groups in total. The fourth-order valence-electron chi connectivity index (χ4n) is 2.99. The summed E-state index contributed by atoms with van der Waals surface area (Å²) >= 11 is 0. The van der Waals surface area contributed by atoms with Gasteiger partial charge in [0.25, 0.3) is 11.8 Å². The van der Waals surface area contributed by atoms with Crippen LogP contribution in [0.5, 0.6) is 5.75 Å². The molecule has 2 amide bonds. The molecule has 148 valence electrons. The van der Waals surface area contributed by atoms with Crippen molar-refractivity contribution in [2.75, 3.05) is 38.5 Å². The van der Waals surface area contributed by atoms with E-state index in [9.17, 15) is 9.59 Å². The number of para-hydroxylation sites is 2. The predicted octanol–water partition coefficient (Wildman–Crippen LogP) is 2.51. The molecule has 0 atom stereocenters. The maximum atomic E-state index is 12.7. The highest BCUT2D eigenvalue weighted by atomic mass is 16.5. The lowest BCUT2D eigenvalue weighted by molar-refractivity contribution is 0.0664. The second-order valence-corrected chi connectivity index (χ2v) is 7.14. The van der Waals surface area contributed by atoms with Crippen LogP contribution in [-0.2, 0) is 0 Å². The van der Waals surface area contributed by atoms with Crippen molar-refractivity contribution in [1.82, 2.24) is 14.8 Å². The van der Waals surface area contributed by atoms with Gasteiger partial charge in [-0.15, -0.1) is 0 Å². The number of pyridine rings is 1. The number of anilines is 1. The van der Waals surface area contributed by atoms with Crippen LogP contribution >= 0.6 is 0 Å². The van der Waals surface area contributed by atoms with Crippen LogP contribution in [0.3, 0.4) is 0 Å². The van der Waals surface area contributed by atoms with E-state index in [0.717, 1.165) is 13.1 Å². The lowest BCUT2D eigenvalue weighted by atomic mass is 10.1. The van der Waals surface area contributed by atoms with E-state index in [1.165, 1.54) is 6.20 Å². The lowest BCUT2D eigenvalue weighted by Gasteiger charge is -2.32. The van der Waals surface area contributed by atoms with Crippen molar-refractivity contribution in [2.24, 2.45) is 0 Å². The van der Waals surface area contributed by atoms with Crippen LogP contribution in [0.15, 0.2) is 42.6 Å². The number of nitrogens with zero attached hydrogens (tertiary/aromatic N) is 3. The fourth-order valence-corrected chi connectivity index (χ4v) is 2.99. The Balaban J connectivity index is 1.73. The monoisotopic (exact) mass is 382 g/mol. The number of likely N-dealkylation sites (N-methyl/N-ethyl adjacent to an activating group) is 1. The van der Waals surface area contributed by atoms with E-state index in [0.29, 0.717) is 30.1 Å². The third-order valence-corrected chi connectivity index (χ3v) is 4.53. The van der Waals surface area contributed by atoms with Crippen molar-refractivity contribution in [3.05, 3.63) is 53.9 Å². The molecule has 1 aliphatic heterocycles. The molecular formula is C21H26N4O3. The summed E-state index contributed by atoms with van der Waals surface area (Å²) < 4.78 is 5.73. The number of hydrogen-bond donors (Lipinski definition) is 1. The quantitative estimate of drug-likeness (QED) is 0.860. The van der Waals surface area contributed by atoms with E-state index >= 15 is 0 Å². The van der Waals surface area contributed by atoms with Crippen molar-refractivity contribution in [2.45, 2.75) is 20.0 Å². The highest BCUT2D eigenvalue weighted by Crippen LogP contribution is 2.25. The Labute approximate surface area is 165 Å². The van der Waals surface area contributed by atoms with Gasteiger partial charge in [-0.3, -0.25) is 14.6 Å². The van der Waals surface area contributed by atoms with Gasteiger partial charge in [0.15, 0.2) is 0 Å². The first-order valence-electron chi connectivity index (χ1n) is 9.45. The van der Waals surface area contributed by atoms with Crippen LogP contribution in [0.25, 0.3) is 0 Å². The first-order chi connectivity index (χ1) is 13.4. The van der Waals surface area contributed by atoms with Gasteiger partial charge in [0, 0.05) is 37.9 Å². The maximum absolute atomic E-state index is 12.7. The van der Waals surface area contributed by atoms with Gasteiger partial charge in [-0.05, 0) is 45.2 Å². The van der Waals surface area contributed by atoms with Gasteiger partial charge in [0.1, 0.15) is 11.4 Å². The molecule has 0 bridgehead atoms. The summed E-state index contributed by atoms with van der Waals surface area (Å²) in [6.07, 6.45) is 1.48. The van der Waals surface area contributed by atoms with Crippen molar-refractivity contribution in [3.8, 4) is 5.75 Å². The number of piperazine rings is 1. The SMILES string of the molecule is CC(C)Oc1ccccc1NC(=O)c1cc(C(=O)N2CCN(C)CC2)ccn1. The molecule has 1 aliphatic rings. The van der Waals surface area contributed by atoms with Gasteiger partial charge in [0.2, 0.25) is 0 Å². The minimum Gasteiger partial charge on any atom is -0.489 e. The highest BCUT2D eigenvalue weighted by Gasteiger charge is 2.21. The standard InChI is InChI=1S/C21H26N4O3/c1-15(2)28-19-7-5-4-6-17(19)23-20(26)18-14-16(8-9-22-18)21(27)25-12-10-24(3)11-13-25/h4-9,14-15H,10-13H2,1-3H3,(H,23,26). The first-order valence-corrected chi connectivity index (χ1v) is 9.45. The molecule has 0 unspecified atom stereocenters. The number of hydrogen-bond acceptors (Lipinski definition) is 5. The summed E-state index contributed by atoms with van der Waals surface area (Å²) in [6.45, 7) is 6.90. The van der Waals surface area contributed by atoms with Crippen LogP contribution in [0, 0.1) is 0 Å². The summed E-state index contributed by atoms with van der Waals surface area (Å²) in [4.78, 5) is 33.6. The third-order valence-electron chi connectivity index (χ3n) is 4.53. The largest absolute Gasteiger partial charge is 0.489 e. The zero-order chi connectivity index (χ0) is 20.1. The molecule has 2 heterocycles. The number of carbonyl (C=O) groups excluding carboxylic acids is 2. The Bertz CT molecular complexity index is 845. The Morgan fingerprint density at radius 3 is 2.54 bits per heavy atom. The summed E-state index contributed by atoms with van der Waals surface area (Å²) in [5, 5.41) is 2.83. The highest BCUT2D eigenvalue weighted by molar-refractivity contribution is 6.05. The molecule has 1 fully saturated rings. The average Bonchev–Trinajstić information content (AvgIpc) is 2.69. The summed E-state index contributed by atoms with van der Waals surface area (Å²) in [5.41, 5.74) is 1.23. The van der Waals surface area contributed by atoms with Crippen molar-refractivity contribution < 1.29 is 14.3 Å². The van der Waals surface area contributed by atoms with Gasteiger partial charge < -0.3 is 19.9 Å². The summed E-state index contributed by atoms with van der Waals surface area (Å²) in [6, 6.07) is 10.4. The number of carbonyl (C=O) groups is 2. The topological polar surface area (TPSA) is 74.8 Å². The zero-order valence-corrected chi connectivity index (χ0v) is 16.5. The van der Waals surface area contributed by atoms with Crippen LogP contribution in [0.1, 0.15) is 34.7 Å². The minimum absolute atomic E-state index is 0.0132. The molecule has 0 saturated carbocycles. The smallest absolute Gasteiger partial charge is 0.274 e. The number of amides is 2. The molecular weight excluding hydrogens is 356 g/mol. The van der Waals surface area contributed by atoms with Crippen LogP contribution in [0.2, 0.25) is 0 Å². The number of rotatable bonds is 5. The van der Waals surface area contributed by atoms with Crippen LogP contribution in [-0.4, -0.2) is 65.9 Å². The van der Waals surface area contributed by atoms with Gasteiger partial charge in [-0.1, -0.05) is 12.1 Å². The molecule has 0 radical (unpaired) electrons. The van der Waals surface area contributed by atoms with Gasteiger partial charge in [0.05, 0.1) is 11.8 Å². The molecule has 0 spiro atoms. The summed E-state index contributed by atoms with van der Waals surface area (Å²) in [7, 11) is 2.04. The third kappa shape index (κ3) is 4.86. The Morgan fingerprint density at radius 1 is 1.11 bits per heavy atom. The molecule has 1 aromatic heterocycles. The normalized spacial score (nSPS) is 14.8. The Kier molecular flexibility index (Phi) is 6.26. The molecule has 7 heteroatoms. The molecule has 0 aliphatic carbocycles. The van der Waals surface area contributed by atoms with E-state index in [1.807, 2.05) is 37.9 Å². The minimum atomic E-state index is -0.382. The first kappa shape index (κ1) is 19.8. The number of aromatic nitrogens is 1. The maximum Gasteiger partial charge on any atom is 0.274 e. The molecule has 3 rings (SSSR count). The molecule has 2 aromatic rings. The van der Waals surface area contributed by atoms with E-state index in [1.54, 1.807) is 24.3 Å². The van der Waals surface area contributed by atoms with Gasteiger partial charge >= 0.3 is 0 Å². The fraction of sp³-hybridized carbons (Fsp3) is 0.381. The average molecular weight is 382 g/mol. The molecule has 1 aromatic carbocycles. The van der Waals surface area contributed by atoms with E-state index in [-0.39, 0.29) is 23.6 Å². The van der Waals surface area contributed by atoms with Gasteiger partial charge in [-0.25, -0.2) is 0 Å². The number of ether oxygens (including phenoxy) is 1. The van der Waals surface area contributed by atoms with E-state index < -0.39 is 0 Å². The second kappa shape index (κ2) is 8.84.